The SMILES string of the molecule is COc1ccc(S(=O)(=O)CCOS(=O)(=O)O)cc1/N=N/c1cc(/N=N/c2ccc(S(=O)(=O)CCOS(=O)(=O)O)cc2S(=O)(=O)O)c(N)cc1N. The van der Waals surface area contributed by atoms with Crippen LogP contribution in [0.2, 0.25) is 0 Å². The molecule has 274 valence electrons. The van der Waals surface area contributed by atoms with Crippen molar-refractivity contribution in [2.45, 2.75) is 14.7 Å². The highest BCUT2D eigenvalue weighted by Gasteiger charge is 2.23. The zero-order valence-electron chi connectivity index (χ0n) is 25.1. The number of nitrogens with two attached hydrogens (primary N) is 2. The van der Waals surface area contributed by atoms with Gasteiger partial charge in [-0.3, -0.25) is 13.7 Å². The summed E-state index contributed by atoms with van der Waals surface area (Å²) < 4.78 is 158. The molecule has 3 aromatic rings. The zero-order valence-corrected chi connectivity index (χ0v) is 29.2. The summed E-state index contributed by atoms with van der Waals surface area (Å²) in [5.41, 5.74) is 10.7. The number of hydrogen-bond acceptors (Lipinski definition) is 19. The third kappa shape index (κ3) is 11.4. The van der Waals surface area contributed by atoms with E-state index in [1.165, 1.54) is 19.2 Å². The maximum Gasteiger partial charge on any atom is 0.397 e. The van der Waals surface area contributed by atoms with Gasteiger partial charge in [-0.25, -0.2) is 25.2 Å². The van der Waals surface area contributed by atoms with Crippen LogP contribution in [0.4, 0.5) is 34.1 Å². The van der Waals surface area contributed by atoms with Crippen LogP contribution < -0.4 is 16.2 Å². The van der Waals surface area contributed by atoms with E-state index in [0.717, 1.165) is 30.3 Å². The normalized spacial score (nSPS) is 13.3. The average Bonchev–Trinajstić information content (AvgIpc) is 2.97. The second-order valence-corrected chi connectivity index (χ2v) is 17.2. The molecule has 22 nitrogen and oxygen atoms in total. The number of rotatable bonds is 16. The van der Waals surface area contributed by atoms with E-state index in [0.29, 0.717) is 6.07 Å². The van der Waals surface area contributed by atoms with Crippen molar-refractivity contribution < 1.29 is 68.9 Å². The highest BCUT2D eigenvalue weighted by molar-refractivity contribution is 7.92. The van der Waals surface area contributed by atoms with Crippen molar-refractivity contribution in [2.75, 3.05) is 43.3 Å². The number of azo groups is 2. The Morgan fingerprint density at radius 3 is 1.48 bits per heavy atom. The van der Waals surface area contributed by atoms with Crippen molar-refractivity contribution >= 4 is 84.7 Å². The molecule has 3 rings (SSSR count). The number of nitrogens with zero attached hydrogens (tertiary/aromatic N) is 4. The van der Waals surface area contributed by atoms with Gasteiger partial charge in [0, 0.05) is 0 Å². The quantitative estimate of drug-likeness (QED) is 0.0786. The summed E-state index contributed by atoms with van der Waals surface area (Å²) in [6.07, 6.45) is 0. The van der Waals surface area contributed by atoms with E-state index in [-0.39, 0.29) is 39.1 Å². The molecule has 0 bridgehead atoms. The van der Waals surface area contributed by atoms with Crippen molar-refractivity contribution in [3.8, 4) is 5.75 Å². The van der Waals surface area contributed by atoms with Crippen LogP contribution in [0, 0.1) is 0 Å². The van der Waals surface area contributed by atoms with Gasteiger partial charge in [0.05, 0.1) is 53.0 Å². The highest BCUT2D eigenvalue weighted by atomic mass is 32.3. The lowest BCUT2D eigenvalue weighted by Gasteiger charge is -2.09. The van der Waals surface area contributed by atoms with E-state index >= 15 is 0 Å². The van der Waals surface area contributed by atoms with Crippen molar-refractivity contribution in [3.05, 3.63) is 48.5 Å². The standard InChI is InChI=1S/C23H26N6O16S5/c1-43-22-5-3-14(46(30,31)8-6-44-49(37,38)39)10-21(22)29-28-20-13-19(16(24)12-17(20)25)27-26-18-4-2-15(11-23(18)48(34,35)36)47(32,33)9-7-45-50(40,41)42/h2-5,10-13H,6-9,24-25H2,1H3,(H,34,35,36)(H,37,38,39)(H,40,41,42)/b27-26+,29-28+. The number of benzene rings is 3. The summed E-state index contributed by atoms with van der Waals surface area (Å²) >= 11 is 0. The number of methoxy groups -OCH3 is 1. The van der Waals surface area contributed by atoms with E-state index in [1.807, 2.05) is 0 Å². The van der Waals surface area contributed by atoms with Gasteiger partial charge in [0.1, 0.15) is 33.4 Å². The van der Waals surface area contributed by atoms with Crippen LogP contribution in [0.3, 0.4) is 0 Å². The number of ether oxygens (including phenoxy) is 1. The van der Waals surface area contributed by atoms with Crippen molar-refractivity contribution in [3.63, 3.8) is 0 Å². The monoisotopic (exact) mass is 802 g/mol. The molecule has 27 heteroatoms. The predicted molar refractivity (Wildman–Crippen MR) is 172 cm³/mol. The van der Waals surface area contributed by atoms with Crippen LogP contribution in [-0.4, -0.2) is 87.6 Å². The fraction of sp³-hybridized carbons (Fsp3) is 0.217. The molecule has 0 aromatic heterocycles. The van der Waals surface area contributed by atoms with Gasteiger partial charge in [-0.15, -0.1) is 20.5 Å². The van der Waals surface area contributed by atoms with E-state index in [9.17, 15) is 46.6 Å². The summed E-state index contributed by atoms with van der Waals surface area (Å²) in [5, 5.41) is 15.5. The lowest BCUT2D eigenvalue weighted by Crippen LogP contribution is -2.16. The Balaban J connectivity index is 1.96. The molecule has 50 heavy (non-hydrogen) atoms. The van der Waals surface area contributed by atoms with Gasteiger partial charge in [0.15, 0.2) is 19.7 Å². The zero-order chi connectivity index (χ0) is 37.7. The Morgan fingerprint density at radius 2 is 1.02 bits per heavy atom. The van der Waals surface area contributed by atoms with E-state index in [4.69, 9.17) is 25.3 Å². The van der Waals surface area contributed by atoms with E-state index in [2.05, 4.69) is 28.8 Å². The molecule has 3 aromatic carbocycles. The maximum atomic E-state index is 12.7. The van der Waals surface area contributed by atoms with Gasteiger partial charge in [-0.05, 0) is 48.5 Å². The molecule has 7 N–H and O–H groups in total. The number of hydrogen-bond donors (Lipinski definition) is 5. The molecule has 0 aliphatic carbocycles. The molecule has 0 aliphatic heterocycles. The average molecular weight is 803 g/mol. The van der Waals surface area contributed by atoms with Crippen molar-refractivity contribution in [1.82, 2.24) is 0 Å². The first-order valence-corrected chi connectivity index (χ1v) is 20.4. The number of sulfone groups is 2. The van der Waals surface area contributed by atoms with Gasteiger partial charge in [-0.2, -0.15) is 25.3 Å². The summed E-state index contributed by atoms with van der Waals surface area (Å²) in [4.78, 5) is -2.04. The van der Waals surface area contributed by atoms with E-state index in [1.54, 1.807) is 0 Å². The van der Waals surface area contributed by atoms with Crippen LogP contribution >= 0.6 is 0 Å². The highest BCUT2D eigenvalue weighted by Crippen LogP contribution is 2.38. The Morgan fingerprint density at radius 1 is 0.580 bits per heavy atom. The molecule has 0 atom stereocenters. The fourth-order valence-electron chi connectivity index (χ4n) is 3.65. The van der Waals surface area contributed by atoms with Gasteiger partial charge >= 0.3 is 20.8 Å². The van der Waals surface area contributed by atoms with Crippen molar-refractivity contribution in [2.24, 2.45) is 20.5 Å². The summed E-state index contributed by atoms with van der Waals surface area (Å²) in [5.74, 6) is -1.79. The lowest BCUT2D eigenvalue weighted by molar-refractivity contribution is 0.282. The second-order valence-electron chi connectivity index (χ2n) is 9.45. The van der Waals surface area contributed by atoms with Crippen LogP contribution in [-0.2, 0) is 59.0 Å². The summed E-state index contributed by atoms with van der Waals surface area (Å²) in [7, 11) is -22.3. The molecule has 0 aliphatic rings. The smallest absolute Gasteiger partial charge is 0.397 e. The third-order valence-corrected chi connectivity index (χ3v) is 11.1. The Kier molecular flexibility index (Phi) is 12.4. The van der Waals surface area contributed by atoms with Gasteiger partial charge < -0.3 is 16.2 Å². The summed E-state index contributed by atoms with van der Waals surface area (Å²) in [6.45, 7) is -1.89. The topological polar surface area (TPSA) is 361 Å². The van der Waals surface area contributed by atoms with Crippen LogP contribution in [0.25, 0.3) is 0 Å². The molecule has 0 unspecified atom stereocenters. The van der Waals surface area contributed by atoms with Gasteiger partial charge in [0.25, 0.3) is 10.1 Å². The molecule has 0 saturated carbocycles. The van der Waals surface area contributed by atoms with E-state index < -0.39 is 90.8 Å². The Hall–Kier alpha value is -4.19. The Bertz CT molecular complexity index is 2400. The van der Waals surface area contributed by atoms with Gasteiger partial charge in [0.2, 0.25) is 0 Å². The first-order valence-electron chi connectivity index (χ1n) is 12.9. The molecular formula is C23H26N6O16S5. The predicted octanol–water partition coefficient (Wildman–Crippen LogP) is 2.12. The summed E-state index contributed by atoms with van der Waals surface area (Å²) in [6, 6.07) is 7.98. The maximum absolute atomic E-state index is 12.7. The molecule has 0 spiro atoms. The minimum atomic E-state index is -5.13. The minimum absolute atomic E-state index is 0.0463. The third-order valence-electron chi connectivity index (χ3n) is 5.95. The lowest BCUT2D eigenvalue weighted by atomic mass is 10.2. The molecular weight excluding hydrogens is 777 g/mol. The largest absolute Gasteiger partial charge is 0.494 e. The van der Waals surface area contributed by atoms with Gasteiger partial charge in [-0.1, -0.05) is 0 Å². The van der Waals surface area contributed by atoms with Crippen molar-refractivity contribution in [1.29, 1.82) is 0 Å². The van der Waals surface area contributed by atoms with Crippen LogP contribution in [0.5, 0.6) is 5.75 Å². The molecule has 0 saturated heterocycles. The fourth-order valence-corrected chi connectivity index (χ4v) is 7.39. The minimum Gasteiger partial charge on any atom is -0.494 e. The number of anilines is 2. The molecule has 0 fully saturated rings. The number of nitrogen functional groups attached to an aromatic ring is 2. The van der Waals surface area contributed by atoms with Crippen LogP contribution in [0.1, 0.15) is 0 Å². The molecule has 0 heterocycles. The second kappa shape index (κ2) is 15.4. The first-order chi connectivity index (χ1) is 22.9. The first kappa shape index (κ1) is 40.2. The molecule has 0 radical (unpaired) electrons. The Labute approximate surface area is 285 Å². The van der Waals surface area contributed by atoms with Crippen LogP contribution in [0.15, 0.2) is 83.7 Å². The molecule has 0 amide bonds.